The zero-order chi connectivity index (χ0) is 14.7. The van der Waals surface area contributed by atoms with E-state index < -0.39 is 0 Å². The van der Waals surface area contributed by atoms with Crippen LogP contribution >= 0.6 is 11.3 Å². The van der Waals surface area contributed by atoms with Gasteiger partial charge >= 0.3 is 0 Å². The van der Waals surface area contributed by atoms with E-state index in [2.05, 4.69) is 55.9 Å². The summed E-state index contributed by atoms with van der Waals surface area (Å²) in [4.78, 5) is 7.95. The van der Waals surface area contributed by atoms with Crippen molar-refractivity contribution in [3.8, 4) is 0 Å². The van der Waals surface area contributed by atoms with Gasteiger partial charge in [-0.3, -0.25) is 4.90 Å². The molecule has 0 aliphatic carbocycles. The monoisotopic (exact) mass is 289 g/mol. The Morgan fingerprint density at radius 1 is 1.30 bits per heavy atom. The summed E-state index contributed by atoms with van der Waals surface area (Å²) < 4.78 is 0. The van der Waals surface area contributed by atoms with E-state index in [1.807, 2.05) is 5.51 Å². The topological polar surface area (TPSA) is 42.1 Å². The molecule has 2 aromatic rings. The van der Waals surface area contributed by atoms with Gasteiger partial charge in [0.25, 0.3) is 0 Å². The predicted octanol–water partition coefficient (Wildman–Crippen LogP) is 3.20. The highest BCUT2D eigenvalue weighted by atomic mass is 32.1. The molecule has 0 fully saturated rings. The van der Waals surface area contributed by atoms with E-state index in [9.17, 15) is 0 Å². The van der Waals surface area contributed by atoms with Gasteiger partial charge in [-0.05, 0) is 38.9 Å². The minimum Gasteiger partial charge on any atom is -0.329 e. The lowest BCUT2D eigenvalue weighted by Gasteiger charge is -2.28. The summed E-state index contributed by atoms with van der Waals surface area (Å²) in [5, 5.41) is 0. The number of benzene rings is 1. The van der Waals surface area contributed by atoms with Gasteiger partial charge in [-0.15, -0.1) is 11.3 Å². The first-order valence-electron chi connectivity index (χ1n) is 6.89. The number of aromatic nitrogens is 1. The third-order valence-corrected chi connectivity index (χ3v) is 4.70. The fourth-order valence-electron chi connectivity index (χ4n) is 2.56. The van der Waals surface area contributed by atoms with Gasteiger partial charge in [-0.2, -0.15) is 0 Å². The van der Waals surface area contributed by atoms with Gasteiger partial charge in [0, 0.05) is 24.0 Å². The SMILES string of the molecule is Cc1ccc(C(CN)N(C)Cc2scnc2C)c(C)c1. The van der Waals surface area contributed by atoms with Crippen LogP contribution in [0.2, 0.25) is 0 Å². The van der Waals surface area contributed by atoms with Crippen molar-refractivity contribution < 1.29 is 0 Å². The predicted molar refractivity (Wildman–Crippen MR) is 86.0 cm³/mol. The first kappa shape index (κ1) is 15.2. The van der Waals surface area contributed by atoms with Crippen molar-refractivity contribution in [2.45, 2.75) is 33.4 Å². The Hall–Kier alpha value is -1.23. The largest absolute Gasteiger partial charge is 0.329 e. The number of thiazole rings is 1. The molecule has 2 rings (SSSR count). The molecule has 0 bridgehead atoms. The molecule has 0 aliphatic heterocycles. The molecule has 0 saturated carbocycles. The van der Waals surface area contributed by atoms with E-state index in [1.165, 1.54) is 21.6 Å². The average Bonchev–Trinajstić information content (AvgIpc) is 2.78. The molecule has 108 valence electrons. The van der Waals surface area contributed by atoms with Crippen LogP contribution in [0.25, 0.3) is 0 Å². The first-order valence-corrected chi connectivity index (χ1v) is 7.77. The Bertz CT molecular complexity index is 577. The molecule has 0 spiro atoms. The van der Waals surface area contributed by atoms with Crippen LogP contribution in [0.3, 0.4) is 0 Å². The molecule has 3 nitrogen and oxygen atoms in total. The third-order valence-electron chi connectivity index (χ3n) is 3.78. The fourth-order valence-corrected chi connectivity index (χ4v) is 3.40. The van der Waals surface area contributed by atoms with Crippen molar-refractivity contribution >= 4 is 11.3 Å². The number of nitrogens with two attached hydrogens (primary N) is 1. The maximum absolute atomic E-state index is 6.03. The van der Waals surface area contributed by atoms with E-state index in [0.29, 0.717) is 6.54 Å². The summed E-state index contributed by atoms with van der Waals surface area (Å²) in [5.41, 5.74) is 13.0. The Labute approximate surface area is 125 Å². The number of rotatable bonds is 5. The van der Waals surface area contributed by atoms with E-state index in [4.69, 9.17) is 5.73 Å². The highest BCUT2D eigenvalue weighted by Gasteiger charge is 2.18. The molecular weight excluding hydrogens is 266 g/mol. The highest BCUT2D eigenvalue weighted by molar-refractivity contribution is 7.09. The molecule has 1 aromatic heterocycles. The first-order chi connectivity index (χ1) is 9.52. The van der Waals surface area contributed by atoms with Crippen molar-refractivity contribution in [2.75, 3.05) is 13.6 Å². The van der Waals surface area contributed by atoms with E-state index in [-0.39, 0.29) is 6.04 Å². The zero-order valence-corrected chi connectivity index (χ0v) is 13.5. The average molecular weight is 289 g/mol. The minimum absolute atomic E-state index is 0.247. The van der Waals surface area contributed by atoms with Crippen LogP contribution in [0.1, 0.15) is 33.3 Å². The number of nitrogens with zero attached hydrogens (tertiary/aromatic N) is 2. The second-order valence-corrected chi connectivity index (χ2v) is 6.33. The van der Waals surface area contributed by atoms with Gasteiger partial charge in [-0.1, -0.05) is 23.8 Å². The number of hydrogen-bond acceptors (Lipinski definition) is 4. The molecule has 2 N–H and O–H groups in total. The summed E-state index contributed by atoms with van der Waals surface area (Å²) in [5.74, 6) is 0. The summed E-state index contributed by atoms with van der Waals surface area (Å²) in [7, 11) is 2.13. The van der Waals surface area contributed by atoms with Gasteiger partial charge in [0.1, 0.15) is 0 Å². The Balaban J connectivity index is 2.21. The standard InChI is InChI=1S/C16H23N3S/c1-11-5-6-14(12(2)7-11)15(8-17)19(4)9-16-13(3)18-10-20-16/h5-7,10,15H,8-9,17H2,1-4H3. The lowest BCUT2D eigenvalue weighted by atomic mass is 9.98. The van der Waals surface area contributed by atoms with Crippen molar-refractivity contribution in [1.29, 1.82) is 0 Å². The van der Waals surface area contributed by atoms with Gasteiger partial charge < -0.3 is 5.73 Å². The molecule has 1 heterocycles. The van der Waals surface area contributed by atoms with Crippen molar-refractivity contribution in [3.05, 3.63) is 51.0 Å². The van der Waals surface area contributed by atoms with Crippen LogP contribution in [0.5, 0.6) is 0 Å². The second-order valence-electron chi connectivity index (χ2n) is 5.39. The second kappa shape index (κ2) is 6.48. The highest BCUT2D eigenvalue weighted by Crippen LogP contribution is 2.25. The molecule has 1 atom stereocenters. The minimum atomic E-state index is 0.247. The van der Waals surface area contributed by atoms with Crippen LogP contribution in [0.15, 0.2) is 23.7 Å². The van der Waals surface area contributed by atoms with Crippen molar-refractivity contribution in [2.24, 2.45) is 5.73 Å². The summed E-state index contributed by atoms with van der Waals surface area (Å²) >= 11 is 1.71. The molecule has 1 aromatic carbocycles. The van der Waals surface area contributed by atoms with Crippen LogP contribution in [-0.2, 0) is 6.54 Å². The smallest absolute Gasteiger partial charge is 0.0798 e. The molecular formula is C16H23N3S. The van der Waals surface area contributed by atoms with E-state index >= 15 is 0 Å². The lowest BCUT2D eigenvalue weighted by molar-refractivity contribution is 0.242. The molecule has 0 aliphatic rings. The summed E-state index contributed by atoms with van der Waals surface area (Å²) in [6.07, 6.45) is 0. The Kier molecular flexibility index (Phi) is 4.91. The third kappa shape index (κ3) is 3.26. The Morgan fingerprint density at radius 3 is 2.60 bits per heavy atom. The molecule has 0 amide bonds. The van der Waals surface area contributed by atoms with Crippen LogP contribution in [-0.4, -0.2) is 23.5 Å². The van der Waals surface area contributed by atoms with Crippen LogP contribution in [0.4, 0.5) is 0 Å². The van der Waals surface area contributed by atoms with Gasteiger partial charge in [-0.25, -0.2) is 4.98 Å². The molecule has 0 radical (unpaired) electrons. The fraction of sp³-hybridized carbons (Fsp3) is 0.438. The number of likely N-dealkylation sites (N-methyl/N-ethyl adjacent to an activating group) is 1. The maximum Gasteiger partial charge on any atom is 0.0798 e. The van der Waals surface area contributed by atoms with E-state index in [0.717, 1.165) is 12.2 Å². The summed E-state index contributed by atoms with van der Waals surface area (Å²) in [6, 6.07) is 6.84. The van der Waals surface area contributed by atoms with Gasteiger partial charge in [0.05, 0.1) is 11.2 Å². The molecule has 20 heavy (non-hydrogen) atoms. The normalized spacial score (nSPS) is 12.9. The number of hydrogen-bond donors (Lipinski definition) is 1. The molecule has 1 unspecified atom stereocenters. The van der Waals surface area contributed by atoms with Crippen LogP contribution in [0, 0.1) is 20.8 Å². The Morgan fingerprint density at radius 2 is 2.05 bits per heavy atom. The number of aryl methyl sites for hydroxylation is 3. The molecule has 0 saturated heterocycles. The maximum atomic E-state index is 6.03. The quantitative estimate of drug-likeness (QED) is 0.919. The van der Waals surface area contributed by atoms with Crippen molar-refractivity contribution in [1.82, 2.24) is 9.88 Å². The summed E-state index contributed by atoms with van der Waals surface area (Å²) in [6.45, 7) is 7.87. The lowest BCUT2D eigenvalue weighted by Crippen LogP contribution is -2.30. The van der Waals surface area contributed by atoms with E-state index in [1.54, 1.807) is 11.3 Å². The zero-order valence-electron chi connectivity index (χ0n) is 12.7. The van der Waals surface area contributed by atoms with Gasteiger partial charge in [0.15, 0.2) is 0 Å². The van der Waals surface area contributed by atoms with Crippen LogP contribution < -0.4 is 5.73 Å². The van der Waals surface area contributed by atoms with Gasteiger partial charge in [0.2, 0.25) is 0 Å². The molecule has 4 heteroatoms. The van der Waals surface area contributed by atoms with Crippen molar-refractivity contribution in [3.63, 3.8) is 0 Å².